The summed E-state index contributed by atoms with van der Waals surface area (Å²) in [6, 6.07) is 0. The normalized spacial score (nSPS) is 18.7. The molecule has 0 amide bonds. The van der Waals surface area contributed by atoms with Crippen LogP contribution in [0.4, 0.5) is 0 Å². The second kappa shape index (κ2) is 7.60. The summed E-state index contributed by atoms with van der Waals surface area (Å²) < 4.78 is 29.9. The summed E-state index contributed by atoms with van der Waals surface area (Å²) in [7, 11) is 2.07. The van der Waals surface area contributed by atoms with Crippen molar-refractivity contribution < 1.29 is 7.48 Å². The minimum absolute atomic E-state index is 0.336. The van der Waals surface area contributed by atoms with Gasteiger partial charge >= 0.3 is 0 Å². The average Bonchev–Trinajstić information content (AvgIpc) is 2.86. The van der Waals surface area contributed by atoms with E-state index in [0.29, 0.717) is 18.0 Å². The van der Waals surface area contributed by atoms with Gasteiger partial charge in [0.25, 0.3) is 5.88 Å². The van der Waals surface area contributed by atoms with Gasteiger partial charge in [0.2, 0.25) is 0 Å². The molecule has 4 nitrogen and oxygen atoms in total. The predicted octanol–water partition coefficient (Wildman–Crippen LogP) is 3.22. The lowest BCUT2D eigenvalue weighted by molar-refractivity contribution is 0.294. The fourth-order valence-corrected chi connectivity index (χ4v) is 2.59. The lowest BCUT2D eigenvalue weighted by Crippen LogP contribution is -2.25. The standard InChI is InChI=1S/C14H23N3OS/c1-3-4-5-6-10-18-14-13(15-19-16-14)12-8-7-9-17(2)11-12/h8H,3-7,9-11H2,1-2H3/i10D2. The Morgan fingerprint density at radius 2 is 2.32 bits per heavy atom. The van der Waals surface area contributed by atoms with Gasteiger partial charge in [-0.3, -0.25) is 0 Å². The van der Waals surface area contributed by atoms with Crippen LogP contribution in [0.15, 0.2) is 6.08 Å². The van der Waals surface area contributed by atoms with Crippen molar-refractivity contribution >= 4 is 17.3 Å². The molecule has 106 valence electrons. The van der Waals surface area contributed by atoms with Crippen molar-refractivity contribution in [2.45, 2.75) is 39.0 Å². The Morgan fingerprint density at radius 3 is 3.11 bits per heavy atom. The molecule has 2 heterocycles. The predicted molar refractivity (Wildman–Crippen MR) is 79.6 cm³/mol. The Morgan fingerprint density at radius 1 is 1.42 bits per heavy atom. The van der Waals surface area contributed by atoms with Gasteiger partial charge in [-0.15, -0.1) is 4.37 Å². The Hall–Kier alpha value is -0.940. The lowest BCUT2D eigenvalue weighted by atomic mass is 10.1. The zero-order valence-corrected chi connectivity index (χ0v) is 12.5. The highest BCUT2D eigenvalue weighted by molar-refractivity contribution is 6.99. The van der Waals surface area contributed by atoms with Gasteiger partial charge in [-0.1, -0.05) is 32.3 Å². The van der Waals surface area contributed by atoms with E-state index in [4.69, 9.17) is 7.48 Å². The molecular formula is C14H23N3OS. The molecule has 0 N–H and O–H groups in total. The third kappa shape index (κ3) is 4.28. The van der Waals surface area contributed by atoms with Crippen LogP contribution in [0, 0.1) is 0 Å². The van der Waals surface area contributed by atoms with E-state index >= 15 is 0 Å². The Kier molecular flexibility index (Phi) is 4.74. The van der Waals surface area contributed by atoms with Gasteiger partial charge in [0.1, 0.15) is 5.69 Å². The first-order chi connectivity index (χ1) is 10.0. The largest absolute Gasteiger partial charge is 0.475 e. The second-order valence-corrected chi connectivity index (χ2v) is 5.41. The summed E-state index contributed by atoms with van der Waals surface area (Å²) >= 11 is 1.08. The first-order valence-corrected chi connectivity index (χ1v) is 7.64. The van der Waals surface area contributed by atoms with Crippen molar-refractivity contribution in [2.24, 2.45) is 0 Å². The summed E-state index contributed by atoms with van der Waals surface area (Å²) in [5, 5.41) is 0. The number of hydrogen-bond acceptors (Lipinski definition) is 5. The van der Waals surface area contributed by atoms with Crippen LogP contribution in [0.2, 0.25) is 0 Å². The van der Waals surface area contributed by atoms with Crippen molar-refractivity contribution in [3.63, 3.8) is 0 Å². The minimum atomic E-state index is -1.68. The highest BCUT2D eigenvalue weighted by atomic mass is 32.1. The van der Waals surface area contributed by atoms with Crippen molar-refractivity contribution in [1.29, 1.82) is 0 Å². The number of likely N-dealkylation sites (N-methyl/N-ethyl adjacent to an activating group) is 1. The van der Waals surface area contributed by atoms with Gasteiger partial charge in [-0.2, -0.15) is 4.37 Å². The molecule has 0 aliphatic carbocycles. The SMILES string of the molecule is [2H]C([2H])(CCCCC)Oc1nsnc1C1=CCCN(C)C1. The van der Waals surface area contributed by atoms with Gasteiger partial charge in [0, 0.05) is 13.1 Å². The van der Waals surface area contributed by atoms with Gasteiger partial charge < -0.3 is 9.64 Å². The van der Waals surface area contributed by atoms with Gasteiger partial charge in [-0.25, -0.2) is 0 Å². The molecule has 0 saturated carbocycles. The molecule has 0 unspecified atom stereocenters. The Bertz CT molecular complexity index is 490. The van der Waals surface area contributed by atoms with Crippen molar-refractivity contribution in [1.82, 2.24) is 13.6 Å². The van der Waals surface area contributed by atoms with Crippen molar-refractivity contribution in [3.05, 3.63) is 11.8 Å². The van der Waals surface area contributed by atoms with Crippen LogP contribution in [0.3, 0.4) is 0 Å². The highest BCUT2D eigenvalue weighted by Gasteiger charge is 2.18. The Labute approximate surface area is 122 Å². The van der Waals surface area contributed by atoms with Crippen LogP contribution in [0.5, 0.6) is 5.88 Å². The molecule has 1 aromatic heterocycles. The first-order valence-electron chi connectivity index (χ1n) is 7.91. The van der Waals surface area contributed by atoms with Crippen LogP contribution >= 0.6 is 11.7 Å². The molecule has 1 aromatic rings. The fraction of sp³-hybridized carbons (Fsp3) is 0.714. The average molecular weight is 283 g/mol. The molecule has 0 aromatic carbocycles. The highest BCUT2D eigenvalue weighted by Crippen LogP contribution is 2.27. The molecule has 0 radical (unpaired) electrons. The van der Waals surface area contributed by atoms with Crippen LogP contribution in [0.1, 0.15) is 47.5 Å². The summed E-state index contributed by atoms with van der Waals surface area (Å²) in [6.07, 6.45) is 6.42. The van der Waals surface area contributed by atoms with E-state index in [-0.39, 0.29) is 0 Å². The van der Waals surface area contributed by atoms with Gasteiger partial charge in [0.05, 0.1) is 21.0 Å². The maximum Gasteiger partial charge on any atom is 0.253 e. The zero-order chi connectivity index (χ0) is 15.3. The van der Waals surface area contributed by atoms with Crippen LogP contribution < -0.4 is 4.74 Å². The zero-order valence-electron chi connectivity index (χ0n) is 13.7. The molecule has 0 atom stereocenters. The van der Waals surface area contributed by atoms with E-state index in [1.165, 1.54) is 0 Å². The van der Waals surface area contributed by atoms with E-state index in [1.54, 1.807) is 0 Å². The molecule has 5 heteroatoms. The number of nitrogens with zero attached hydrogens (tertiary/aromatic N) is 3. The molecule has 1 aliphatic rings. The van der Waals surface area contributed by atoms with Crippen molar-refractivity contribution in [2.75, 3.05) is 26.7 Å². The van der Waals surface area contributed by atoms with Crippen LogP contribution in [-0.2, 0) is 0 Å². The maximum atomic E-state index is 7.98. The van der Waals surface area contributed by atoms with Crippen LogP contribution in [0.25, 0.3) is 5.57 Å². The van der Waals surface area contributed by atoms with E-state index in [0.717, 1.165) is 56.1 Å². The third-order valence-corrected chi connectivity index (χ3v) is 3.67. The molecule has 0 spiro atoms. The summed E-state index contributed by atoms with van der Waals surface area (Å²) in [4.78, 5) is 2.22. The molecule has 0 bridgehead atoms. The quantitative estimate of drug-likeness (QED) is 0.720. The number of aromatic nitrogens is 2. The second-order valence-electron chi connectivity index (χ2n) is 4.88. The molecule has 1 aliphatic heterocycles. The lowest BCUT2D eigenvalue weighted by Gasteiger charge is -2.22. The van der Waals surface area contributed by atoms with E-state index in [1.807, 2.05) is 0 Å². The monoisotopic (exact) mass is 283 g/mol. The van der Waals surface area contributed by atoms with Gasteiger partial charge in [0.15, 0.2) is 0 Å². The number of unbranched alkanes of at least 4 members (excludes halogenated alkanes) is 2. The smallest absolute Gasteiger partial charge is 0.253 e. The maximum absolute atomic E-state index is 7.98. The molecule has 2 rings (SSSR count). The minimum Gasteiger partial charge on any atom is -0.475 e. The number of rotatable bonds is 7. The van der Waals surface area contributed by atoms with E-state index < -0.39 is 6.56 Å². The fourth-order valence-electron chi connectivity index (χ4n) is 2.08. The topological polar surface area (TPSA) is 38.3 Å². The van der Waals surface area contributed by atoms with Gasteiger partial charge in [-0.05, 0) is 25.5 Å². The first kappa shape index (κ1) is 11.9. The molecular weight excluding hydrogens is 258 g/mol. The third-order valence-electron chi connectivity index (χ3n) is 3.16. The van der Waals surface area contributed by atoms with E-state index in [2.05, 4.69) is 33.7 Å². The summed E-state index contributed by atoms with van der Waals surface area (Å²) in [6.45, 7) is 2.27. The molecule has 0 fully saturated rings. The molecule has 19 heavy (non-hydrogen) atoms. The number of ether oxygens (including phenoxy) is 1. The molecule has 0 saturated heterocycles. The summed E-state index contributed by atoms with van der Waals surface area (Å²) in [5.41, 5.74) is 1.78. The van der Waals surface area contributed by atoms with Crippen LogP contribution in [-0.4, -0.2) is 40.3 Å². The summed E-state index contributed by atoms with van der Waals surface area (Å²) in [5.74, 6) is 0.336. The Balaban J connectivity index is 2.04. The van der Waals surface area contributed by atoms with E-state index in [9.17, 15) is 0 Å². The van der Waals surface area contributed by atoms with Crippen molar-refractivity contribution in [3.8, 4) is 5.88 Å². The number of hydrogen-bond donors (Lipinski definition) is 0.